The van der Waals surface area contributed by atoms with E-state index in [1.54, 1.807) is 0 Å². The molecule has 3 heteroatoms. The summed E-state index contributed by atoms with van der Waals surface area (Å²) < 4.78 is 2.24. The second-order valence-electron chi connectivity index (χ2n) is 7.31. The molecule has 0 spiro atoms. The van der Waals surface area contributed by atoms with Crippen LogP contribution in [0.25, 0.3) is 0 Å². The number of aromatic nitrogens is 2. The average Bonchev–Trinajstić information content (AvgIpc) is 2.96. The highest BCUT2D eigenvalue weighted by Crippen LogP contribution is 2.55. The van der Waals surface area contributed by atoms with Gasteiger partial charge in [-0.3, -0.25) is 4.68 Å². The van der Waals surface area contributed by atoms with Crippen LogP contribution in [0.3, 0.4) is 0 Å². The molecule has 4 rings (SSSR count). The maximum Gasteiger partial charge on any atom is 0.0640 e. The van der Waals surface area contributed by atoms with Gasteiger partial charge in [0.1, 0.15) is 0 Å². The van der Waals surface area contributed by atoms with Crippen molar-refractivity contribution in [2.75, 3.05) is 7.05 Å². The van der Waals surface area contributed by atoms with Crippen LogP contribution >= 0.6 is 0 Å². The van der Waals surface area contributed by atoms with Crippen LogP contribution in [0.2, 0.25) is 0 Å². The smallest absolute Gasteiger partial charge is 0.0640 e. The van der Waals surface area contributed by atoms with Gasteiger partial charge in [0.15, 0.2) is 0 Å². The maximum atomic E-state index is 4.86. The summed E-state index contributed by atoms with van der Waals surface area (Å²) in [5.41, 5.74) is 1.29. The molecule has 0 saturated heterocycles. The van der Waals surface area contributed by atoms with Gasteiger partial charge in [0, 0.05) is 18.7 Å². The third-order valence-corrected chi connectivity index (χ3v) is 6.01. The molecule has 3 atom stereocenters. The van der Waals surface area contributed by atoms with E-state index in [-0.39, 0.29) is 0 Å². The van der Waals surface area contributed by atoms with E-state index in [1.807, 2.05) is 0 Å². The Balaban J connectivity index is 1.39. The number of hydrogen-bond acceptors (Lipinski definition) is 2. The van der Waals surface area contributed by atoms with Gasteiger partial charge in [0.05, 0.1) is 11.7 Å². The zero-order valence-electron chi connectivity index (χ0n) is 12.6. The van der Waals surface area contributed by atoms with E-state index in [0.717, 1.165) is 24.2 Å². The summed E-state index contributed by atoms with van der Waals surface area (Å²) in [7, 11) is 2.13. The van der Waals surface area contributed by atoms with Crippen molar-refractivity contribution in [2.45, 2.75) is 63.5 Å². The Morgan fingerprint density at radius 1 is 1.25 bits per heavy atom. The standard InChI is InChI=1S/C17H27N3/c1-18-17(14-9-12-8-13(12)10-14)11-15-6-7-20(19-15)16-4-2-3-5-16/h6-7,12-14,16-18H,2-5,8-11H2,1H3. The molecular formula is C17H27N3. The first-order valence-electron chi connectivity index (χ1n) is 8.55. The van der Waals surface area contributed by atoms with E-state index in [1.165, 1.54) is 50.6 Å². The van der Waals surface area contributed by atoms with Crippen molar-refractivity contribution < 1.29 is 0 Å². The Hall–Kier alpha value is -0.830. The van der Waals surface area contributed by atoms with Crippen molar-refractivity contribution in [1.29, 1.82) is 0 Å². The fraction of sp³-hybridized carbons (Fsp3) is 0.824. The number of rotatable bonds is 5. The van der Waals surface area contributed by atoms with Crippen molar-refractivity contribution in [3.8, 4) is 0 Å². The lowest BCUT2D eigenvalue weighted by molar-refractivity contribution is 0.345. The molecule has 3 saturated carbocycles. The minimum Gasteiger partial charge on any atom is -0.316 e. The summed E-state index contributed by atoms with van der Waals surface area (Å²) in [6.45, 7) is 0. The molecule has 0 aromatic carbocycles. The molecule has 110 valence electrons. The van der Waals surface area contributed by atoms with Crippen LogP contribution in [0, 0.1) is 17.8 Å². The molecule has 1 aromatic rings. The van der Waals surface area contributed by atoms with Gasteiger partial charge in [0.2, 0.25) is 0 Å². The van der Waals surface area contributed by atoms with Crippen LogP contribution < -0.4 is 5.32 Å². The van der Waals surface area contributed by atoms with Crippen LogP contribution in [0.5, 0.6) is 0 Å². The summed E-state index contributed by atoms with van der Waals surface area (Å²) in [4.78, 5) is 0. The van der Waals surface area contributed by atoms with Gasteiger partial charge >= 0.3 is 0 Å². The number of nitrogens with one attached hydrogen (secondary N) is 1. The molecule has 3 aliphatic carbocycles. The molecule has 1 N–H and O–H groups in total. The molecule has 3 nitrogen and oxygen atoms in total. The highest BCUT2D eigenvalue weighted by atomic mass is 15.3. The Morgan fingerprint density at radius 2 is 2.00 bits per heavy atom. The molecule has 0 bridgehead atoms. The average molecular weight is 273 g/mol. The van der Waals surface area contributed by atoms with Crippen molar-refractivity contribution in [2.24, 2.45) is 17.8 Å². The third-order valence-electron chi connectivity index (χ3n) is 6.01. The van der Waals surface area contributed by atoms with Gasteiger partial charge in [-0.05, 0) is 63.0 Å². The van der Waals surface area contributed by atoms with E-state index < -0.39 is 0 Å². The Morgan fingerprint density at radius 3 is 2.70 bits per heavy atom. The number of fused-ring (bicyclic) bond motifs is 1. The molecule has 0 radical (unpaired) electrons. The number of nitrogens with zero attached hydrogens (tertiary/aromatic N) is 2. The molecule has 1 aromatic heterocycles. The zero-order valence-corrected chi connectivity index (χ0v) is 12.6. The Kier molecular flexibility index (Phi) is 3.33. The largest absolute Gasteiger partial charge is 0.316 e. The topological polar surface area (TPSA) is 29.9 Å². The minimum absolute atomic E-state index is 0.634. The lowest BCUT2D eigenvalue weighted by Crippen LogP contribution is -2.35. The first-order chi connectivity index (χ1) is 9.83. The van der Waals surface area contributed by atoms with Crippen LogP contribution in [-0.4, -0.2) is 22.9 Å². The van der Waals surface area contributed by atoms with Crippen LogP contribution in [0.15, 0.2) is 12.3 Å². The lowest BCUT2D eigenvalue weighted by Gasteiger charge is -2.23. The fourth-order valence-corrected chi connectivity index (χ4v) is 4.68. The van der Waals surface area contributed by atoms with Gasteiger partial charge in [-0.2, -0.15) is 5.10 Å². The van der Waals surface area contributed by atoms with Gasteiger partial charge in [-0.1, -0.05) is 12.8 Å². The van der Waals surface area contributed by atoms with E-state index in [2.05, 4.69) is 29.3 Å². The van der Waals surface area contributed by atoms with Gasteiger partial charge in [0.25, 0.3) is 0 Å². The minimum atomic E-state index is 0.634. The second kappa shape index (κ2) is 5.18. The quantitative estimate of drug-likeness (QED) is 0.893. The maximum absolute atomic E-state index is 4.86. The SMILES string of the molecule is CNC(Cc1ccn(C2CCCC2)n1)C1CC2CC2C1. The van der Waals surface area contributed by atoms with E-state index in [4.69, 9.17) is 5.10 Å². The molecule has 3 unspecified atom stereocenters. The summed E-state index contributed by atoms with van der Waals surface area (Å²) in [6, 6.07) is 3.56. The van der Waals surface area contributed by atoms with Crippen molar-refractivity contribution >= 4 is 0 Å². The molecule has 0 amide bonds. The predicted molar refractivity (Wildman–Crippen MR) is 80.6 cm³/mol. The van der Waals surface area contributed by atoms with Crippen molar-refractivity contribution in [3.63, 3.8) is 0 Å². The van der Waals surface area contributed by atoms with Crippen LogP contribution in [-0.2, 0) is 6.42 Å². The number of hydrogen-bond donors (Lipinski definition) is 1. The highest BCUT2D eigenvalue weighted by Gasteiger charge is 2.47. The Bertz CT molecular complexity index is 451. The summed E-state index contributed by atoms with van der Waals surface area (Å²) in [6.07, 6.45) is 13.2. The first-order valence-corrected chi connectivity index (χ1v) is 8.55. The molecule has 0 aliphatic heterocycles. The van der Waals surface area contributed by atoms with E-state index >= 15 is 0 Å². The third kappa shape index (κ3) is 2.41. The van der Waals surface area contributed by atoms with E-state index in [9.17, 15) is 0 Å². The molecule has 3 fully saturated rings. The molecular weight excluding hydrogens is 246 g/mol. The predicted octanol–water partition coefficient (Wildman–Crippen LogP) is 3.17. The summed E-state index contributed by atoms with van der Waals surface area (Å²) in [5, 5.41) is 8.42. The van der Waals surface area contributed by atoms with Crippen molar-refractivity contribution in [1.82, 2.24) is 15.1 Å². The fourth-order valence-electron chi connectivity index (χ4n) is 4.68. The second-order valence-corrected chi connectivity index (χ2v) is 7.31. The Labute approximate surface area is 122 Å². The highest BCUT2D eigenvalue weighted by molar-refractivity contribution is 5.06. The monoisotopic (exact) mass is 273 g/mol. The van der Waals surface area contributed by atoms with Crippen molar-refractivity contribution in [3.05, 3.63) is 18.0 Å². The summed E-state index contributed by atoms with van der Waals surface area (Å²) in [5.74, 6) is 3.04. The normalized spacial score (nSPS) is 34.4. The zero-order chi connectivity index (χ0) is 13.5. The lowest BCUT2D eigenvalue weighted by atomic mass is 9.91. The molecule has 3 aliphatic rings. The van der Waals surface area contributed by atoms with Gasteiger partial charge in [-0.15, -0.1) is 0 Å². The van der Waals surface area contributed by atoms with Crippen LogP contribution in [0.1, 0.15) is 56.7 Å². The summed E-state index contributed by atoms with van der Waals surface area (Å²) >= 11 is 0. The van der Waals surface area contributed by atoms with Gasteiger partial charge < -0.3 is 5.32 Å². The van der Waals surface area contributed by atoms with Crippen LogP contribution in [0.4, 0.5) is 0 Å². The molecule has 20 heavy (non-hydrogen) atoms. The molecule has 1 heterocycles. The first kappa shape index (κ1) is 12.9. The number of likely N-dealkylation sites (N-methyl/N-ethyl adjacent to an activating group) is 1. The van der Waals surface area contributed by atoms with Gasteiger partial charge in [-0.25, -0.2) is 0 Å². The van der Waals surface area contributed by atoms with E-state index in [0.29, 0.717) is 12.1 Å².